The molecule has 17 heavy (non-hydrogen) atoms. The molecule has 2 rings (SSSR count). The molecular formula is C13H17FN2O. The quantitative estimate of drug-likeness (QED) is 0.855. The van der Waals surface area contributed by atoms with Gasteiger partial charge in [-0.2, -0.15) is 0 Å². The number of hydrogen-bond acceptors (Lipinski definition) is 2. The van der Waals surface area contributed by atoms with Crippen molar-refractivity contribution < 1.29 is 9.18 Å². The number of amides is 1. The third-order valence-electron chi connectivity index (χ3n) is 3.52. The molecule has 0 aromatic carbocycles. The lowest BCUT2D eigenvalue weighted by Gasteiger charge is -2.27. The van der Waals surface area contributed by atoms with Gasteiger partial charge in [-0.25, -0.2) is 4.39 Å². The van der Waals surface area contributed by atoms with E-state index in [4.69, 9.17) is 0 Å². The lowest BCUT2D eigenvalue weighted by Crippen LogP contribution is -2.30. The number of hydrogen-bond donors (Lipinski definition) is 1. The van der Waals surface area contributed by atoms with Gasteiger partial charge < -0.3 is 5.32 Å². The molecule has 1 aliphatic carbocycles. The zero-order valence-corrected chi connectivity index (χ0v) is 9.95. The van der Waals surface area contributed by atoms with E-state index in [1.807, 2.05) is 0 Å². The summed E-state index contributed by atoms with van der Waals surface area (Å²) in [6.45, 7) is 0. The Bertz CT molecular complexity index is 400. The molecule has 3 nitrogen and oxygen atoms in total. The highest BCUT2D eigenvalue weighted by molar-refractivity contribution is 5.78. The van der Waals surface area contributed by atoms with Crippen LogP contribution in [0.25, 0.3) is 0 Å². The Hall–Kier alpha value is -1.45. The molecule has 0 bridgehead atoms. The topological polar surface area (TPSA) is 42.0 Å². The van der Waals surface area contributed by atoms with E-state index in [1.54, 1.807) is 19.3 Å². The molecule has 0 aliphatic heterocycles. The summed E-state index contributed by atoms with van der Waals surface area (Å²) in [4.78, 5) is 15.6. The lowest BCUT2D eigenvalue weighted by molar-refractivity contribution is -0.125. The van der Waals surface area contributed by atoms with Crippen LogP contribution in [0.2, 0.25) is 0 Å². The highest BCUT2D eigenvalue weighted by atomic mass is 19.1. The number of carbonyl (C=O) groups is 1. The van der Waals surface area contributed by atoms with Crippen LogP contribution in [0.1, 0.15) is 37.3 Å². The molecule has 1 aliphatic rings. The Morgan fingerprint density at radius 3 is 2.71 bits per heavy atom. The van der Waals surface area contributed by atoms with Gasteiger partial charge in [0.25, 0.3) is 0 Å². The molecular weight excluding hydrogens is 219 g/mol. The predicted molar refractivity (Wildman–Crippen MR) is 63.0 cm³/mol. The molecule has 92 valence electrons. The Balaban J connectivity index is 2.00. The van der Waals surface area contributed by atoms with E-state index in [9.17, 15) is 9.18 Å². The number of pyridine rings is 1. The molecule has 1 N–H and O–H groups in total. The molecule has 1 aromatic rings. The molecule has 1 amide bonds. The molecule has 1 heterocycles. The van der Waals surface area contributed by atoms with E-state index < -0.39 is 0 Å². The molecule has 0 saturated heterocycles. The van der Waals surface area contributed by atoms with Gasteiger partial charge in [0, 0.05) is 25.1 Å². The Morgan fingerprint density at radius 2 is 2.12 bits per heavy atom. The standard InChI is InChI=1S/C13H17FN2O/c1-15-13(17)10-6-4-9(5-7-10)12-11(14)3-2-8-16-12/h2-3,8-10H,4-7H2,1H3,(H,15,17). The van der Waals surface area contributed by atoms with Gasteiger partial charge in [0.05, 0.1) is 5.69 Å². The van der Waals surface area contributed by atoms with Crippen molar-refractivity contribution in [2.45, 2.75) is 31.6 Å². The minimum absolute atomic E-state index is 0.0861. The van der Waals surface area contributed by atoms with E-state index in [-0.39, 0.29) is 23.6 Å². The fourth-order valence-electron chi connectivity index (χ4n) is 2.53. The fourth-order valence-corrected chi connectivity index (χ4v) is 2.53. The van der Waals surface area contributed by atoms with Gasteiger partial charge in [-0.15, -0.1) is 0 Å². The van der Waals surface area contributed by atoms with Crippen LogP contribution in [0.4, 0.5) is 4.39 Å². The summed E-state index contributed by atoms with van der Waals surface area (Å²) < 4.78 is 13.6. The van der Waals surface area contributed by atoms with Gasteiger partial charge in [0.2, 0.25) is 5.91 Å². The van der Waals surface area contributed by atoms with Crippen LogP contribution in [0, 0.1) is 11.7 Å². The largest absolute Gasteiger partial charge is 0.359 e. The van der Waals surface area contributed by atoms with Crippen molar-refractivity contribution in [3.8, 4) is 0 Å². The van der Waals surface area contributed by atoms with E-state index in [2.05, 4.69) is 10.3 Å². The van der Waals surface area contributed by atoms with E-state index in [1.165, 1.54) is 6.07 Å². The third kappa shape index (κ3) is 2.62. The maximum atomic E-state index is 13.6. The average Bonchev–Trinajstić information content (AvgIpc) is 2.39. The first-order valence-corrected chi connectivity index (χ1v) is 6.04. The predicted octanol–water partition coefficient (Wildman–Crippen LogP) is 2.24. The second-order valence-electron chi connectivity index (χ2n) is 4.53. The molecule has 1 aromatic heterocycles. The van der Waals surface area contributed by atoms with Gasteiger partial charge in [0.15, 0.2) is 0 Å². The average molecular weight is 236 g/mol. The number of aromatic nitrogens is 1. The number of rotatable bonds is 2. The summed E-state index contributed by atoms with van der Waals surface area (Å²) in [5.74, 6) is 0.126. The van der Waals surface area contributed by atoms with Crippen LogP contribution < -0.4 is 5.32 Å². The minimum atomic E-state index is -0.226. The SMILES string of the molecule is CNC(=O)C1CCC(c2ncccc2F)CC1. The fraction of sp³-hybridized carbons (Fsp3) is 0.538. The zero-order valence-electron chi connectivity index (χ0n) is 9.95. The summed E-state index contributed by atoms with van der Waals surface area (Å²) in [5.41, 5.74) is 0.558. The van der Waals surface area contributed by atoms with Crippen LogP contribution in [-0.4, -0.2) is 17.9 Å². The zero-order chi connectivity index (χ0) is 12.3. The van der Waals surface area contributed by atoms with Crippen LogP contribution in [0.3, 0.4) is 0 Å². The second kappa shape index (κ2) is 5.25. The third-order valence-corrected chi connectivity index (χ3v) is 3.52. The summed E-state index contributed by atoms with van der Waals surface area (Å²) >= 11 is 0. The van der Waals surface area contributed by atoms with Crippen LogP contribution >= 0.6 is 0 Å². The Morgan fingerprint density at radius 1 is 1.41 bits per heavy atom. The van der Waals surface area contributed by atoms with Crippen molar-refractivity contribution in [2.24, 2.45) is 5.92 Å². The maximum Gasteiger partial charge on any atom is 0.222 e. The van der Waals surface area contributed by atoms with Gasteiger partial charge >= 0.3 is 0 Å². The van der Waals surface area contributed by atoms with Crippen molar-refractivity contribution in [3.05, 3.63) is 29.8 Å². The summed E-state index contributed by atoms with van der Waals surface area (Å²) in [6, 6.07) is 3.06. The number of halogens is 1. The first-order valence-electron chi connectivity index (χ1n) is 6.04. The smallest absolute Gasteiger partial charge is 0.222 e. The summed E-state index contributed by atoms with van der Waals surface area (Å²) in [5, 5.41) is 2.67. The first-order chi connectivity index (χ1) is 8.22. The van der Waals surface area contributed by atoms with Gasteiger partial charge in [-0.1, -0.05) is 0 Å². The maximum absolute atomic E-state index is 13.6. The normalized spacial score (nSPS) is 24.4. The molecule has 0 unspecified atom stereocenters. The van der Waals surface area contributed by atoms with Crippen molar-refractivity contribution in [3.63, 3.8) is 0 Å². The summed E-state index contributed by atoms with van der Waals surface area (Å²) in [6.07, 6.45) is 4.95. The van der Waals surface area contributed by atoms with Gasteiger partial charge in [-0.3, -0.25) is 9.78 Å². The Labute approximate surface area is 100 Å². The number of carbonyl (C=O) groups excluding carboxylic acids is 1. The highest BCUT2D eigenvalue weighted by Crippen LogP contribution is 2.35. The number of nitrogens with one attached hydrogen (secondary N) is 1. The Kier molecular flexibility index (Phi) is 3.71. The second-order valence-corrected chi connectivity index (χ2v) is 4.53. The van der Waals surface area contributed by atoms with Crippen molar-refractivity contribution in [1.82, 2.24) is 10.3 Å². The number of nitrogens with zero attached hydrogens (tertiary/aromatic N) is 1. The molecule has 0 radical (unpaired) electrons. The summed E-state index contributed by atoms with van der Waals surface area (Å²) in [7, 11) is 1.66. The lowest BCUT2D eigenvalue weighted by atomic mass is 9.80. The van der Waals surface area contributed by atoms with E-state index >= 15 is 0 Å². The van der Waals surface area contributed by atoms with E-state index in [0.717, 1.165) is 25.7 Å². The molecule has 0 atom stereocenters. The van der Waals surface area contributed by atoms with Crippen molar-refractivity contribution >= 4 is 5.91 Å². The van der Waals surface area contributed by atoms with Gasteiger partial charge in [0.1, 0.15) is 5.82 Å². The minimum Gasteiger partial charge on any atom is -0.359 e. The van der Waals surface area contributed by atoms with Gasteiger partial charge in [-0.05, 0) is 37.8 Å². The van der Waals surface area contributed by atoms with E-state index in [0.29, 0.717) is 5.69 Å². The first kappa shape index (κ1) is 12.0. The van der Waals surface area contributed by atoms with Crippen LogP contribution in [-0.2, 0) is 4.79 Å². The van der Waals surface area contributed by atoms with Crippen LogP contribution in [0.5, 0.6) is 0 Å². The molecule has 1 saturated carbocycles. The monoisotopic (exact) mass is 236 g/mol. The molecule has 1 fully saturated rings. The van der Waals surface area contributed by atoms with Crippen LogP contribution in [0.15, 0.2) is 18.3 Å². The van der Waals surface area contributed by atoms with Crippen molar-refractivity contribution in [2.75, 3.05) is 7.05 Å². The molecule has 4 heteroatoms. The highest BCUT2D eigenvalue weighted by Gasteiger charge is 2.28. The molecule has 0 spiro atoms. The van der Waals surface area contributed by atoms with Crippen molar-refractivity contribution in [1.29, 1.82) is 0 Å².